The predicted molar refractivity (Wildman–Crippen MR) is 78.3 cm³/mol. The molecule has 112 valence electrons. The molecule has 2 unspecified atom stereocenters. The zero-order valence-electron chi connectivity index (χ0n) is 12.7. The second kappa shape index (κ2) is 8.54. The van der Waals surface area contributed by atoms with Crippen LogP contribution in [0.25, 0.3) is 0 Å². The Bertz CT molecular complexity index is 269. The molecule has 1 heterocycles. The van der Waals surface area contributed by atoms with Gasteiger partial charge in [0.2, 0.25) is 0 Å². The molecule has 0 bridgehead atoms. The van der Waals surface area contributed by atoms with Crippen LogP contribution in [-0.2, 0) is 4.79 Å². The number of nitrogens with zero attached hydrogens (tertiary/aromatic N) is 1. The predicted octanol–water partition coefficient (Wildman–Crippen LogP) is 2.20. The Labute approximate surface area is 117 Å². The fourth-order valence-electron chi connectivity index (χ4n) is 2.66. The highest BCUT2D eigenvalue weighted by molar-refractivity contribution is 5.70. The number of unbranched alkanes of at least 4 members (excludes halogenated alkanes) is 1. The van der Waals surface area contributed by atoms with Crippen molar-refractivity contribution >= 4 is 5.97 Å². The molecular formula is C15H30N2O2. The summed E-state index contributed by atoms with van der Waals surface area (Å²) < 4.78 is 0. The van der Waals surface area contributed by atoms with E-state index in [1.54, 1.807) is 0 Å². The summed E-state index contributed by atoms with van der Waals surface area (Å²) in [5, 5.41) is 12.8. The van der Waals surface area contributed by atoms with Crippen molar-refractivity contribution in [2.45, 2.75) is 52.5 Å². The lowest BCUT2D eigenvalue weighted by Gasteiger charge is -2.36. The van der Waals surface area contributed by atoms with Crippen LogP contribution in [0.2, 0.25) is 0 Å². The molecule has 1 fully saturated rings. The number of hydrogen-bond acceptors (Lipinski definition) is 3. The number of carboxylic acid groups (broad SMARTS) is 1. The van der Waals surface area contributed by atoms with Crippen LogP contribution in [0.4, 0.5) is 0 Å². The number of rotatable bonds is 8. The van der Waals surface area contributed by atoms with Crippen LogP contribution in [0, 0.1) is 11.8 Å². The van der Waals surface area contributed by atoms with Crippen LogP contribution in [-0.4, -0.2) is 48.2 Å². The first-order chi connectivity index (χ1) is 9.02. The van der Waals surface area contributed by atoms with E-state index in [0.717, 1.165) is 45.4 Å². The van der Waals surface area contributed by atoms with Gasteiger partial charge in [0.1, 0.15) is 0 Å². The van der Waals surface area contributed by atoms with Gasteiger partial charge >= 0.3 is 5.97 Å². The molecule has 1 saturated heterocycles. The molecule has 0 aromatic carbocycles. The molecule has 0 spiro atoms. The van der Waals surface area contributed by atoms with Gasteiger partial charge in [-0.25, -0.2) is 0 Å². The van der Waals surface area contributed by atoms with E-state index < -0.39 is 5.97 Å². The molecule has 0 saturated carbocycles. The van der Waals surface area contributed by atoms with Gasteiger partial charge in [0.25, 0.3) is 0 Å². The summed E-state index contributed by atoms with van der Waals surface area (Å²) in [6.45, 7) is 10.4. The normalized spacial score (nSPS) is 24.8. The van der Waals surface area contributed by atoms with Gasteiger partial charge < -0.3 is 15.3 Å². The quantitative estimate of drug-likeness (QED) is 0.710. The van der Waals surface area contributed by atoms with Crippen molar-refractivity contribution in [1.29, 1.82) is 0 Å². The van der Waals surface area contributed by atoms with Crippen LogP contribution in [0.5, 0.6) is 0 Å². The van der Waals surface area contributed by atoms with E-state index in [-0.39, 0.29) is 5.92 Å². The van der Waals surface area contributed by atoms with Gasteiger partial charge in [0, 0.05) is 19.1 Å². The minimum Gasteiger partial charge on any atom is -0.481 e. The maximum absolute atomic E-state index is 11.2. The number of piperidine rings is 1. The largest absolute Gasteiger partial charge is 0.481 e. The Hall–Kier alpha value is -0.610. The van der Waals surface area contributed by atoms with Gasteiger partial charge in [-0.15, -0.1) is 0 Å². The summed E-state index contributed by atoms with van der Waals surface area (Å²) in [4.78, 5) is 13.6. The number of carbonyl (C=O) groups is 1. The Morgan fingerprint density at radius 1 is 1.42 bits per heavy atom. The molecule has 2 N–H and O–H groups in total. The lowest BCUT2D eigenvalue weighted by molar-refractivity contribution is -0.144. The number of aliphatic carboxylic acids is 1. The van der Waals surface area contributed by atoms with Gasteiger partial charge in [-0.2, -0.15) is 0 Å². The van der Waals surface area contributed by atoms with Crippen LogP contribution in [0.3, 0.4) is 0 Å². The number of carboxylic acids is 1. The highest BCUT2D eigenvalue weighted by atomic mass is 16.4. The lowest BCUT2D eigenvalue weighted by atomic mass is 9.94. The van der Waals surface area contributed by atoms with Gasteiger partial charge in [0.05, 0.1) is 5.92 Å². The standard InChI is InChI=1S/C15H30N2O2/c1-4-5-8-17-10-13(15(18)19)9-14(11-17)16-7-6-12(2)3/h12-14,16H,4-11H2,1-3H3,(H,18,19). The Balaban J connectivity index is 2.42. The smallest absolute Gasteiger partial charge is 0.307 e. The minimum atomic E-state index is -0.642. The molecule has 19 heavy (non-hydrogen) atoms. The van der Waals surface area contributed by atoms with E-state index in [0.29, 0.717) is 12.0 Å². The molecule has 4 nitrogen and oxygen atoms in total. The van der Waals surface area contributed by atoms with Crippen molar-refractivity contribution in [2.24, 2.45) is 11.8 Å². The zero-order valence-corrected chi connectivity index (χ0v) is 12.7. The van der Waals surface area contributed by atoms with Gasteiger partial charge in [-0.05, 0) is 38.3 Å². The van der Waals surface area contributed by atoms with Gasteiger partial charge in [-0.3, -0.25) is 4.79 Å². The zero-order chi connectivity index (χ0) is 14.3. The molecule has 0 aliphatic carbocycles. The SMILES string of the molecule is CCCCN1CC(NCCC(C)C)CC(C(=O)O)C1. The van der Waals surface area contributed by atoms with Crippen molar-refractivity contribution in [3.63, 3.8) is 0 Å². The lowest BCUT2D eigenvalue weighted by Crippen LogP contribution is -2.51. The summed E-state index contributed by atoms with van der Waals surface area (Å²) in [7, 11) is 0. The fourth-order valence-corrected chi connectivity index (χ4v) is 2.66. The van der Waals surface area contributed by atoms with Crippen LogP contribution < -0.4 is 5.32 Å². The molecule has 4 heteroatoms. The first-order valence-corrected chi connectivity index (χ1v) is 7.71. The van der Waals surface area contributed by atoms with Crippen molar-refractivity contribution in [2.75, 3.05) is 26.2 Å². The van der Waals surface area contributed by atoms with Crippen LogP contribution >= 0.6 is 0 Å². The first kappa shape index (κ1) is 16.4. The van der Waals surface area contributed by atoms with Gasteiger partial charge in [-0.1, -0.05) is 27.2 Å². The Morgan fingerprint density at radius 3 is 2.74 bits per heavy atom. The van der Waals surface area contributed by atoms with Crippen LogP contribution in [0.15, 0.2) is 0 Å². The summed E-state index contributed by atoms with van der Waals surface area (Å²) in [5.74, 6) is -0.151. The molecule has 1 aliphatic heterocycles. The summed E-state index contributed by atoms with van der Waals surface area (Å²) >= 11 is 0. The van der Waals surface area contributed by atoms with E-state index >= 15 is 0 Å². The van der Waals surface area contributed by atoms with E-state index in [1.807, 2.05) is 0 Å². The van der Waals surface area contributed by atoms with Crippen molar-refractivity contribution in [1.82, 2.24) is 10.2 Å². The molecule has 0 aromatic heterocycles. The molecule has 2 atom stereocenters. The highest BCUT2D eigenvalue weighted by Crippen LogP contribution is 2.18. The van der Waals surface area contributed by atoms with E-state index in [4.69, 9.17) is 0 Å². The summed E-state index contributed by atoms with van der Waals surface area (Å²) in [5.41, 5.74) is 0. The van der Waals surface area contributed by atoms with Crippen LogP contribution in [0.1, 0.15) is 46.5 Å². The summed E-state index contributed by atoms with van der Waals surface area (Å²) in [6, 6.07) is 0.338. The fraction of sp³-hybridized carbons (Fsp3) is 0.933. The minimum absolute atomic E-state index is 0.206. The van der Waals surface area contributed by atoms with Crippen molar-refractivity contribution in [3.05, 3.63) is 0 Å². The third kappa shape index (κ3) is 6.39. The number of likely N-dealkylation sites (tertiary alicyclic amines) is 1. The van der Waals surface area contributed by atoms with E-state index in [9.17, 15) is 9.90 Å². The number of hydrogen-bond donors (Lipinski definition) is 2. The second-order valence-corrected chi connectivity index (χ2v) is 6.22. The van der Waals surface area contributed by atoms with Crippen molar-refractivity contribution in [3.8, 4) is 0 Å². The second-order valence-electron chi connectivity index (χ2n) is 6.22. The molecule has 0 amide bonds. The molecule has 0 radical (unpaired) electrons. The van der Waals surface area contributed by atoms with E-state index in [2.05, 4.69) is 31.0 Å². The topological polar surface area (TPSA) is 52.6 Å². The molecule has 1 aliphatic rings. The maximum Gasteiger partial charge on any atom is 0.307 e. The first-order valence-electron chi connectivity index (χ1n) is 7.71. The van der Waals surface area contributed by atoms with Crippen molar-refractivity contribution < 1.29 is 9.90 Å². The molecule has 0 aromatic rings. The maximum atomic E-state index is 11.2. The van der Waals surface area contributed by atoms with Gasteiger partial charge in [0.15, 0.2) is 0 Å². The third-order valence-corrected chi connectivity index (χ3v) is 3.86. The number of nitrogens with one attached hydrogen (secondary N) is 1. The van der Waals surface area contributed by atoms with E-state index in [1.165, 1.54) is 6.42 Å². The monoisotopic (exact) mass is 270 g/mol. The Morgan fingerprint density at radius 2 is 2.16 bits per heavy atom. The highest BCUT2D eigenvalue weighted by Gasteiger charge is 2.30. The average molecular weight is 270 g/mol. The average Bonchev–Trinajstić information content (AvgIpc) is 2.35. The third-order valence-electron chi connectivity index (χ3n) is 3.86. The Kier molecular flexibility index (Phi) is 7.39. The molecule has 1 rings (SSSR count). The molecular weight excluding hydrogens is 240 g/mol. The summed E-state index contributed by atoms with van der Waals surface area (Å²) in [6.07, 6.45) is 4.25.